The van der Waals surface area contributed by atoms with Gasteiger partial charge in [0, 0.05) is 6.08 Å². The summed E-state index contributed by atoms with van der Waals surface area (Å²) in [5.74, 6) is -0.236. The Bertz CT molecular complexity index is 477. The van der Waals surface area contributed by atoms with Crippen LogP contribution in [0.3, 0.4) is 0 Å². The molecule has 0 fully saturated rings. The molecule has 0 aromatic carbocycles. The number of carbonyl (C=O) groups excluding carboxylic acids is 1. The molecular weight excluding hydrogens is 352 g/mol. The maximum Gasteiger partial charge on any atom is 0.331 e. The van der Waals surface area contributed by atoms with Crippen LogP contribution in [0.1, 0.15) is 85.0 Å². The third-order valence-corrected chi connectivity index (χ3v) is 10.4. The molecule has 0 N–H and O–H groups in total. The van der Waals surface area contributed by atoms with Crippen molar-refractivity contribution in [3.05, 3.63) is 24.8 Å². The Morgan fingerprint density at radius 3 is 2.15 bits per heavy atom. The molecule has 2 unspecified atom stereocenters. The molecule has 156 valence electrons. The van der Waals surface area contributed by atoms with Gasteiger partial charge in [0.25, 0.3) is 0 Å². The lowest BCUT2D eigenvalue weighted by atomic mass is 10.0. The third-order valence-electron chi connectivity index (χ3n) is 5.94. The van der Waals surface area contributed by atoms with Gasteiger partial charge in [0.15, 0.2) is 8.32 Å². The number of esters is 1. The van der Waals surface area contributed by atoms with E-state index in [0.717, 1.165) is 19.3 Å². The van der Waals surface area contributed by atoms with Crippen LogP contribution in [0.5, 0.6) is 0 Å². The number of hydrogen-bond acceptors (Lipinski definition) is 3. The van der Waals surface area contributed by atoms with Gasteiger partial charge in [-0.25, -0.2) is 4.79 Å². The maximum atomic E-state index is 11.5. The first kappa shape index (κ1) is 24.2. The largest absolute Gasteiger partial charge is 0.452 e. The molecule has 0 aliphatic carbocycles. The lowest BCUT2D eigenvalue weighted by molar-refractivity contribution is -0.142. The Balaban J connectivity index is 2.35. The number of allylic oxidation sites excluding steroid dienone is 1. The zero-order valence-corrected chi connectivity index (χ0v) is 19.4. The normalized spacial score (nSPS) is 18.6. The summed E-state index contributed by atoms with van der Waals surface area (Å²) in [6.45, 7) is 15.1. The van der Waals surface area contributed by atoms with Gasteiger partial charge in [0.1, 0.15) is 6.10 Å². The van der Waals surface area contributed by atoms with E-state index in [4.69, 9.17) is 9.16 Å². The highest BCUT2D eigenvalue weighted by atomic mass is 28.4. The van der Waals surface area contributed by atoms with E-state index in [9.17, 15) is 4.79 Å². The molecule has 0 bridgehead atoms. The van der Waals surface area contributed by atoms with Crippen LogP contribution >= 0.6 is 0 Å². The first-order valence-electron chi connectivity index (χ1n) is 10.8. The Morgan fingerprint density at radius 2 is 1.67 bits per heavy atom. The summed E-state index contributed by atoms with van der Waals surface area (Å²) in [5, 5.41) is 0.156. The van der Waals surface area contributed by atoms with E-state index < -0.39 is 8.32 Å². The van der Waals surface area contributed by atoms with Crippen molar-refractivity contribution >= 4 is 14.3 Å². The Kier molecular flexibility index (Phi) is 10.6. The van der Waals surface area contributed by atoms with Crippen molar-refractivity contribution in [3.63, 3.8) is 0 Å². The fourth-order valence-corrected chi connectivity index (χ4v) is 4.49. The summed E-state index contributed by atoms with van der Waals surface area (Å²) in [6.07, 6.45) is 17.6. The summed E-state index contributed by atoms with van der Waals surface area (Å²) in [5.41, 5.74) is 0. The van der Waals surface area contributed by atoms with Gasteiger partial charge >= 0.3 is 5.97 Å². The number of hydrogen-bond donors (Lipinski definition) is 0. The van der Waals surface area contributed by atoms with E-state index in [1.165, 1.54) is 44.9 Å². The quantitative estimate of drug-likeness (QED) is 0.138. The highest BCUT2D eigenvalue weighted by Gasteiger charge is 2.41. The molecule has 27 heavy (non-hydrogen) atoms. The summed E-state index contributed by atoms with van der Waals surface area (Å²) in [4.78, 5) is 11.5. The molecule has 1 aliphatic rings. The van der Waals surface area contributed by atoms with Crippen LogP contribution in [-0.4, -0.2) is 26.5 Å². The molecular formula is C23H42O3Si. The van der Waals surface area contributed by atoms with Gasteiger partial charge in [0.2, 0.25) is 0 Å². The monoisotopic (exact) mass is 394 g/mol. The highest BCUT2D eigenvalue weighted by Crippen LogP contribution is 2.38. The summed E-state index contributed by atoms with van der Waals surface area (Å²) in [6, 6.07) is 0. The molecule has 1 heterocycles. The fraction of sp³-hybridized carbons (Fsp3) is 0.783. The van der Waals surface area contributed by atoms with E-state index in [-0.39, 0.29) is 23.2 Å². The number of carbonyl (C=O) groups is 1. The standard InChI is InChI=1S/C23H42O3Si/c1-7-8-9-10-11-12-13-14-15-16-17-21(20-18-19-22(24)25-20)26-27(5,6)23(2,3)4/h7,18-21H,1,8-17H2,2-6H3. The topological polar surface area (TPSA) is 35.5 Å². The van der Waals surface area contributed by atoms with Crippen molar-refractivity contribution in [1.29, 1.82) is 0 Å². The average molecular weight is 395 g/mol. The molecule has 3 nitrogen and oxygen atoms in total. The molecule has 2 atom stereocenters. The van der Waals surface area contributed by atoms with E-state index >= 15 is 0 Å². The smallest absolute Gasteiger partial charge is 0.331 e. The van der Waals surface area contributed by atoms with Gasteiger partial charge in [0.05, 0.1) is 6.10 Å². The van der Waals surface area contributed by atoms with Gasteiger partial charge < -0.3 is 9.16 Å². The lowest BCUT2D eigenvalue weighted by Gasteiger charge is -2.40. The van der Waals surface area contributed by atoms with Crippen LogP contribution < -0.4 is 0 Å². The fourth-order valence-electron chi connectivity index (χ4n) is 3.13. The number of cyclic esters (lactones) is 1. The zero-order valence-electron chi connectivity index (χ0n) is 18.4. The van der Waals surface area contributed by atoms with Gasteiger partial charge in [-0.15, -0.1) is 6.58 Å². The van der Waals surface area contributed by atoms with Crippen LogP contribution in [-0.2, 0) is 14.0 Å². The van der Waals surface area contributed by atoms with E-state index in [1.54, 1.807) is 6.08 Å². The van der Waals surface area contributed by atoms with Gasteiger partial charge in [-0.1, -0.05) is 71.8 Å². The Labute approximate surface area is 168 Å². The molecule has 0 aromatic heterocycles. The maximum absolute atomic E-state index is 11.5. The van der Waals surface area contributed by atoms with Crippen LogP contribution in [0.2, 0.25) is 18.1 Å². The first-order chi connectivity index (χ1) is 12.7. The number of unbranched alkanes of at least 4 members (excludes halogenated alkanes) is 8. The van der Waals surface area contributed by atoms with Crippen molar-refractivity contribution in [3.8, 4) is 0 Å². The SMILES string of the molecule is C=CCCCCCCCCCCC(O[Si](C)(C)C(C)(C)C)C1C=CC(=O)O1. The van der Waals surface area contributed by atoms with Crippen LogP contribution in [0.4, 0.5) is 0 Å². The van der Waals surface area contributed by atoms with Crippen molar-refractivity contribution in [2.24, 2.45) is 0 Å². The zero-order chi connectivity index (χ0) is 20.3. The number of ether oxygens (including phenoxy) is 1. The minimum absolute atomic E-state index is 0.00695. The lowest BCUT2D eigenvalue weighted by Crippen LogP contribution is -2.47. The van der Waals surface area contributed by atoms with E-state index in [1.807, 2.05) is 12.2 Å². The third kappa shape index (κ3) is 9.25. The van der Waals surface area contributed by atoms with Gasteiger partial charge in [-0.2, -0.15) is 0 Å². The molecule has 0 saturated heterocycles. The predicted molar refractivity (Wildman–Crippen MR) is 117 cm³/mol. The Morgan fingerprint density at radius 1 is 1.11 bits per heavy atom. The second kappa shape index (κ2) is 11.9. The van der Waals surface area contributed by atoms with E-state index in [2.05, 4.69) is 40.4 Å². The molecule has 0 amide bonds. The molecule has 1 aliphatic heterocycles. The average Bonchev–Trinajstić information content (AvgIpc) is 3.00. The van der Waals surface area contributed by atoms with Crippen LogP contribution in [0.25, 0.3) is 0 Å². The van der Waals surface area contributed by atoms with Crippen molar-refractivity contribution in [2.75, 3.05) is 0 Å². The minimum Gasteiger partial charge on any atom is -0.452 e. The molecule has 0 spiro atoms. The Hall–Kier alpha value is -0.873. The minimum atomic E-state index is -1.89. The molecule has 1 rings (SSSR count). The van der Waals surface area contributed by atoms with Crippen LogP contribution in [0.15, 0.2) is 24.8 Å². The van der Waals surface area contributed by atoms with Gasteiger partial charge in [-0.05, 0) is 43.5 Å². The molecule has 4 heteroatoms. The summed E-state index contributed by atoms with van der Waals surface area (Å²) >= 11 is 0. The summed E-state index contributed by atoms with van der Waals surface area (Å²) in [7, 11) is -1.89. The second-order valence-electron chi connectivity index (χ2n) is 9.37. The van der Waals surface area contributed by atoms with Crippen molar-refractivity contribution in [1.82, 2.24) is 0 Å². The highest BCUT2D eigenvalue weighted by molar-refractivity contribution is 6.74. The summed E-state index contributed by atoms with van der Waals surface area (Å²) < 4.78 is 12.1. The molecule has 0 saturated carbocycles. The molecule has 0 radical (unpaired) electrons. The predicted octanol–water partition coefficient (Wildman–Crippen LogP) is 6.95. The van der Waals surface area contributed by atoms with Crippen LogP contribution in [0, 0.1) is 0 Å². The van der Waals surface area contributed by atoms with Gasteiger partial charge in [-0.3, -0.25) is 0 Å². The second-order valence-corrected chi connectivity index (χ2v) is 14.1. The number of rotatable bonds is 14. The first-order valence-corrected chi connectivity index (χ1v) is 13.8. The van der Waals surface area contributed by atoms with Crippen molar-refractivity contribution in [2.45, 2.75) is 115 Å². The van der Waals surface area contributed by atoms with E-state index in [0.29, 0.717) is 0 Å². The molecule has 0 aromatic rings. The van der Waals surface area contributed by atoms with Crippen molar-refractivity contribution < 1.29 is 14.0 Å².